The Morgan fingerprint density at radius 2 is 1.92 bits per heavy atom. The number of amides is 1. The van der Waals surface area contributed by atoms with Crippen LogP contribution in [0.25, 0.3) is 0 Å². The molecule has 1 heterocycles. The van der Waals surface area contributed by atoms with E-state index in [4.69, 9.17) is 4.74 Å². The Morgan fingerprint density at radius 1 is 1.20 bits per heavy atom. The van der Waals surface area contributed by atoms with E-state index in [0.29, 0.717) is 6.54 Å². The first-order valence-electron chi connectivity index (χ1n) is 8.20. The highest BCUT2D eigenvalue weighted by Gasteiger charge is 2.26. The molecule has 1 atom stereocenters. The van der Waals surface area contributed by atoms with Crippen molar-refractivity contribution in [3.05, 3.63) is 59.7 Å². The molecular formula is C19H20F2N2O2. The smallest absolute Gasteiger partial charge is 0.257 e. The Hall–Kier alpha value is -2.63. The van der Waals surface area contributed by atoms with Crippen molar-refractivity contribution in [2.45, 2.75) is 6.42 Å². The molecule has 0 aliphatic carbocycles. The van der Waals surface area contributed by atoms with Crippen LogP contribution >= 0.6 is 0 Å². The predicted molar refractivity (Wildman–Crippen MR) is 92.0 cm³/mol. The summed E-state index contributed by atoms with van der Waals surface area (Å²) < 4.78 is 32.7. The summed E-state index contributed by atoms with van der Waals surface area (Å²) in [6.45, 7) is 1.97. The lowest BCUT2D eigenvalue weighted by Gasteiger charge is -2.21. The van der Waals surface area contributed by atoms with Gasteiger partial charge in [-0.2, -0.15) is 0 Å². The van der Waals surface area contributed by atoms with Gasteiger partial charge in [0.05, 0.1) is 12.8 Å². The van der Waals surface area contributed by atoms with Gasteiger partial charge in [0.1, 0.15) is 22.9 Å². The van der Waals surface area contributed by atoms with E-state index in [-0.39, 0.29) is 5.92 Å². The van der Waals surface area contributed by atoms with Crippen LogP contribution in [0, 0.1) is 17.6 Å². The maximum absolute atomic E-state index is 13.6. The first kappa shape index (κ1) is 17.2. The van der Waals surface area contributed by atoms with Crippen molar-refractivity contribution in [2.75, 3.05) is 31.6 Å². The number of benzene rings is 2. The quantitative estimate of drug-likeness (QED) is 0.904. The van der Waals surface area contributed by atoms with Crippen LogP contribution in [0.15, 0.2) is 42.5 Å². The molecule has 1 amide bonds. The summed E-state index contributed by atoms with van der Waals surface area (Å²) in [5, 5.41) is 2.65. The number of methoxy groups -OCH3 is 1. The predicted octanol–water partition coefficient (Wildman–Crippen LogP) is 3.23. The van der Waals surface area contributed by atoms with Crippen molar-refractivity contribution < 1.29 is 18.3 Å². The lowest BCUT2D eigenvalue weighted by atomic mass is 10.1. The van der Waals surface area contributed by atoms with Gasteiger partial charge in [-0.05, 0) is 36.6 Å². The summed E-state index contributed by atoms with van der Waals surface area (Å²) in [6, 6.07) is 11.2. The molecule has 1 unspecified atom stereocenters. The van der Waals surface area contributed by atoms with E-state index >= 15 is 0 Å². The van der Waals surface area contributed by atoms with E-state index < -0.39 is 23.1 Å². The number of hydrogen-bond acceptors (Lipinski definition) is 3. The number of carbonyl (C=O) groups excluding carboxylic acids is 1. The van der Waals surface area contributed by atoms with Crippen LogP contribution in [0.2, 0.25) is 0 Å². The third-order valence-electron chi connectivity index (χ3n) is 4.45. The number of para-hydroxylation sites is 2. The maximum Gasteiger partial charge on any atom is 0.257 e. The number of hydrogen-bond donors (Lipinski definition) is 1. The first-order valence-corrected chi connectivity index (χ1v) is 8.20. The monoisotopic (exact) mass is 346 g/mol. The Kier molecular flexibility index (Phi) is 5.16. The van der Waals surface area contributed by atoms with Crippen LogP contribution < -0.4 is 15.0 Å². The molecular weight excluding hydrogens is 326 g/mol. The summed E-state index contributed by atoms with van der Waals surface area (Å²) in [5.74, 6) is -1.39. The average molecular weight is 346 g/mol. The molecule has 25 heavy (non-hydrogen) atoms. The topological polar surface area (TPSA) is 41.6 Å². The first-order chi connectivity index (χ1) is 12.1. The van der Waals surface area contributed by atoms with E-state index in [2.05, 4.69) is 10.2 Å². The van der Waals surface area contributed by atoms with Crippen LogP contribution in [-0.2, 0) is 0 Å². The van der Waals surface area contributed by atoms with Crippen LogP contribution in [0.3, 0.4) is 0 Å². The zero-order valence-corrected chi connectivity index (χ0v) is 14.0. The highest BCUT2D eigenvalue weighted by molar-refractivity contribution is 5.94. The lowest BCUT2D eigenvalue weighted by Crippen LogP contribution is -2.32. The van der Waals surface area contributed by atoms with Gasteiger partial charge in [-0.15, -0.1) is 0 Å². The van der Waals surface area contributed by atoms with Gasteiger partial charge in [0.2, 0.25) is 0 Å². The highest BCUT2D eigenvalue weighted by Crippen LogP contribution is 2.31. The number of anilines is 1. The van der Waals surface area contributed by atoms with Gasteiger partial charge in [0.25, 0.3) is 5.91 Å². The second kappa shape index (κ2) is 7.51. The van der Waals surface area contributed by atoms with Crippen molar-refractivity contribution in [2.24, 2.45) is 5.92 Å². The van der Waals surface area contributed by atoms with Crippen molar-refractivity contribution in [3.8, 4) is 5.75 Å². The molecule has 1 fully saturated rings. The third kappa shape index (κ3) is 3.73. The van der Waals surface area contributed by atoms with Gasteiger partial charge >= 0.3 is 0 Å². The van der Waals surface area contributed by atoms with Gasteiger partial charge in [0.15, 0.2) is 0 Å². The summed E-state index contributed by atoms with van der Waals surface area (Å²) in [5.41, 5.74) is 0.487. The van der Waals surface area contributed by atoms with Crippen LogP contribution in [0.4, 0.5) is 14.5 Å². The molecule has 4 nitrogen and oxygen atoms in total. The second-order valence-corrected chi connectivity index (χ2v) is 6.08. The van der Waals surface area contributed by atoms with Gasteiger partial charge in [-0.25, -0.2) is 8.78 Å². The molecule has 1 saturated heterocycles. The Bertz CT molecular complexity index is 747. The van der Waals surface area contributed by atoms with Crippen LogP contribution in [0.1, 0.15) is 16.8 Å². The number of carbonyl (C=O) groups is 1. The third-order valence-corrected chi connectivity index (χ3v) is 4.45. The maximum atomic E-state index is 13.6. The SMILES string of the molecule is COc1ccccc1N1CCC(CNC(=O)c2c(F)cccc2F)C1. The fraction of sp³-hybridized carbons (Fsp3) is 0.316. The van der Waals surface area contributed by atoms with Crippen LogP contribution in [0.5, 0.6) is 5.75 Å². The Morgan fingerprint density at radius 3 is 2.64 bits per heavy atom. The lowest BCUT2D eigenvalue weighted by molar-refractivity contribution is 0.0940. The largest absolute Gasteiger partial charge is 0.495 e. The molecule has 2 aromatic carbocycles. The highest BCUT2D eigenvalue weighted by atomic mass is 19.1. The summed E-state index contributed by atoms with van der Waals surface area (Å²) >= 11 is 0. The molecule has 1 aliphatic heterocycles. The second-order valence-electron chi connectivity index (χ2n) is 6.08. The van der Waals surface area contributed by atoms with Gasteiger partial charge in [-0.1, -0.05) is 18.2 Å². The molecule has 0 aromatic heterocycles. The van der Waals surface area contributed by atoms with E-state index in [1.165, 1.54) is 6.07 Å². The molecule has 1 aliphatic rings. The van der Waals surface area contributed by atoms with E-state index in [9.17, 15) is 13.6 Å². The van der Waals surface area contributed by atoms with E-state index in [1.54, 1.807) is 7.11 Å². The Balaban J connectivity index is 1.60. The fourth-order valence-electron chi connectivity index (χ4n) is 3.15. The molecule has 6 heteroatoms. The van der Waals surface area contributed by atoms with Crippen LogP contribution in [-0.4, -0.2) is 32.7 Å². The number of ether oxygens (including phenoxy) is 1. The Labute approximate surface area is 145 Å². The number of nitrogens with one attached hydrogen (secondary N) is 1. The van der Waals surface area contributed by atoms with Gasteiger partial charge < -0.3 is 15.0 Å². The molecule has 0 radical (unpaired) electrons. The normalized spacial score (nSPS) is 16.8. The van der Waals surface area contributed by atoms with Crippen molar-refractivity contribution in [1.82, 2.24) is 5.32 Å². The van der Waals surface area contributed by atoms with E-state index in [0.717, 1.165) is 43.1 Å². The minimum atomic E-state index is -0.848. The number of halogens is 2. The molecule has 132 valence electrons. The number of rotatable bonds is 5. The fourth-order valence-corrected chi connectivity index (χ4v) is 3.15. The summed E-state index contributed by atoms with van der Waals surface area (Å²) in [6.07, 6.45) is 0.887. The zero-order valence-electron chi connectivity index (χ0n) is 14.0. The minimum Gasteiger partial charge on any atom is -0.495 e. The number of nitrogens with zero attached hydrogens (tertiary/aromatic N) is 1. The minimum absolute atomic E-state index is 0.212. The molecule has 0 spiro atoms. The van der Waals surface area contributed by atoms with Crippen molar-refractivity contribution >= 4 is 11.6 Å². The standard InChI is InChI=1S/C19H20F2N2O2/c1-25-17-8-3-2-7-16(17)23-10-9-13(12-23)11-22-19(24)18-14(20)5-4-6-15(18)21/h2-8,13H,9-12H2,1H3,(H,22,24). The van der Waals surface area contributed by atoms with Gasteiger partial charge in [-0.3, -0.25) is 4.79 Å². The summed E-state index contributed by atoms with van der Waals surface area (Å²) in [4.78, 5) is 14.3. The average Bonchev–Trinajstić information content (AvgIpc) is 3.08. The molecule has 0 saturated carbocycles. The zero-order chi connectivity index (χ0) is 17.8. The van der Waals surface area contributed by atoms with E-state index in [1.807, 2.05) is 24.3 Å². The molecule has 3 rings (SSSR count). The van der Waals surface area contributed by atoms with Gasteiger partial charge in [0, 0.05) is 19.6 Å². The van der Waals surface area contributed by atoms with Crippen molar-refractivity contribution in [1.29, 1.82) is 0 Å². The molecule has 1 N–H and O–H groups in total. The molecule has 2 aromatic rings. The van der Waals surface area contributed by atoms with Crippen molar-refractivity contribution in [3.63, 3.8) is 0 Å². The molecule has 0 bridgehead atoms. The summed E-state index contributed by atoms with van der Waals surface area (Å²) in [7, 11) is 1.63.